The fraction of sp³-hybridized carbons (Fsp3) is 0.316. The molecule has 0 radical (unpaired) electrons. The minimum Gasteiger partial charge on any atom is -0.486 e. The number of hydrogen-bond donors (Lipinski definition) is 2. The van der Waals surface area contributed by atoms with Crippen molar-refractivity contribution in [1.29, 1.82) is 0 Å². The van der Waals surface area contributed by atoms with E-state index in [1.54, 1.807) is 18.2 Å². The van der Waals surface area contributed by atoms with E-state index in [2.05, 4.69) is 10.6 Å². The molecule has 0 aliphatic carbocycles. The number of carbonyl (C=O) groups is 1. The van der Waals surface area contributed by atoms with E-state index in [0.29, 0.717) is 17.8 Å². The first-order valence-corrected chi connectivity index (χ1v) is 8.30. The molecule has 3 rings (SSSR count). The molecule has 1 heterocycles. The van der Waals surface area contributed by atoms with Gasteiger partial charge in [-0.2, -0.15) is 0 Å². The van der Waals surface area contributed by atoms with Crippen LogP contribution in [0.1, 0.15) is 18.4 Å². The van der Waals surface area contributed by atoms with Gasteiger partial charge in [-0.25, -0.2) is 8.78 Å². The molecular formula is C19H21ClF2N2O2. The fourth-order valence-electron chi connectivity index (χ4n) is 2.80. The lowest BCUT2D eigenvalue weighted by atomic mass is 9.99. The Hall–Kier alpha value is -2.18. The van der Waals surface area contributed by atoms with E-state index < -0.39 is 5.82 Å². The lowest BCUT2D eigenvalue weighted by Crippen LogP contribution is -2.37. The number of benzene rings is 2. The summed E-state index contributed by atoms with van der Waals surface area (Å²) in [7, 11) is 0. The molecule has 0 saturated carbocycles. The Morgan fingerprint density at radius 1 is 1.23 bits per heavy atom. The molecule has 1 amide bonds. The Balaban J connectivity index is 0.00000243. The second-order valence-electron chi connectivity index (χ2n) is 6.10. The highest BCUT2D eigenvalue weighted by molar-refractivity contribution is 5.92. The van der Waals surface area contributed by atoms with E-state index >= 15 is 0 Å². The highest BCUT2D eigenvalue weighted by Gasteiger charge is 2.21. The van der Waals surface area contributed by atoms with Crippen LogP contribution in [0.15, 0.2) is 42.5 Å². The summed E-state index contributed by atoms with van der Waals surface area (Å²) in [6.07, 6.45) is 1.79. The first-order valence-electron chi connectivity index (χ1n) is 8.30. The number of nitrogens with one attached hydrogen (secondary N) is 2. The third-order valence-electron chi connectivity index (χ3n) is 4.15. The van der Waals surface area contributed by atoms with Gasteiger partial charge in [0, 0.05) is 18.3 Å². The van der Waals surface area contributed by atoms with Crippen molar-refractivity contribution in [1.82, 2.24) is 5.32 Å². The number of anilines is 1. The molecule has 26 heavy (non-hydrogen) atoms. The quantitative estimate of drug-likeness (QED) is 0.824. The van der Waals surface area contributed by atoms with Gasteiger partial charge in [-0.3, -0.25) is 4.79 Å². The van der Waals surface area contributed by atoms with E-state index in [1.165, 1.54) is 24.3 Å². The third-order valence-corrected chi connectivity index (χ3v) is 4.15. The molecule has 1 aliphatic rings. The number of piperidine rings is 1. The summed E-state index contributed by atoms with van der Waals surface area (Å²) in [4.78, 5) is 12.2. The number of rotatable bonds is 5. The minimum absolute atomic E-state index is 0. The molecule has 4 nitrogen and oxygen atoms in total. The van der Waals surface area contributed by atoms with E-state index in [-0.39, 0.29) is 42.4 Å². The van der Waals surface area contributed by atoms with Crippen LogP contribution in [0.4, 0.5) is 14.5 Å². The van der Waals surface area contributed by atoms with Crippen molar-refractivity contribution in [3.63, 3.8) is 0 Å². The molecule has 1 saturated heterocycles. The maximum atomic E-state index is 14.2. The summed E-state index contributed by atoms with van der Waals surface area (Å²) < 4.78 is 32.7. The molecule has 7 heteroatoms. The highest BCUT2D eigenvalue weighted by Crippen LogP contribution is 2.23. The van der Waals surface area contributed by atoms with Gasteiger partial charge >= 0.3 is 0 Å². The van der Waals surface area contributed by atoms with Crippen molar-refractivity contribution < 1.29 is 18.3 Å². The number of hydrogen-bond acceptors (Lipinski definition) is 3. The largest absolute Gasteiger partial charge is 0.486 e. The molecule has 2 aromatic carbocycles. The van der Waals surface area contributed by atoms with Gasteiger partial charge in [0.25, 0.3) is 0 Å². The molecule has 1 unspecified atom stereocenters. The zero-order valence-corrected chi connectivity index (χ0v) is 15.0. The molecular weight excluding hydrogens is 362 g/mol. The van der Waals surface area contributed by atoms with Gasteiger partial charge in [0.05, 0.1) is 5.92 Å². The van der Waals surface area contributed by atoms with Gasteiger partial charge in [0.15, 0.2) is 11.6 Å². The van der Waals surface area contributed by atoms with E-state index in [0.717, 1.165) is 19.4 Å². The highest BCUT2D eigenvalue weighted by atomic mass is 35.5. The molecule has 2 N–H and O–H groups in total. The van der Waals surface area contributed by atoms with Crippen LogP contribution in [-0.2, 0) is 11.4 Å². The van der Waals surface area contributed by atoms with Crippen LogP contribution in [-0.4, -0.2) is 19.0 Å². The Labute approximate surface area is 157 Å². The number of ether oxygens (including phenoxy) is 1. The van der Waals surface area contributed by atoms with E-state index in [1.807, 2.05) is 0 Å². The smallest absolute Gasteiger partial charge is 0.228 e. The van der Waals surface area contributed by atoms with Gasteiger partial charge in [0.2, 0.25) is 5.91 Å². The van der Waals surface area contributed by atoms with Crippen LogP contribution >= 0.6 is 12.4 Å². The van der Waals surface area contributed by atoms with Crippen LogP contribution in [0.2, 0.25) is 0 Å². The van der Waals surface area contributed by atoms with Crippen molar-refractivity contribution in [2.75, 3.05) is 18.4 Å². The average molecular weight is 383 g/mol. The Bertz CT molecular complexity index is 752. The van der Waals surface area contributed by atoms with Crippen LogP contribution in [0.25, 0.3) is 0 Å². The van der Waals surface area contributed by atoms with Gasteiger partial charge in [-0.05, 0) is 49.2 Å². The van der Waals surface area contributed by atoms with Gasteiger partial charge in [0.1, 0.15) is 12.4 Å². The van der Waals surface area contributed by atoms with Crippen molar-refractivity contribution >= 4 is 24.0 Å². The predicted molar refractivity (Wildman–Crippen MR) is 98.6 cm³/mol. The Kier molecular flexibility index (Phi) is 7.36. The normalized spacial score (nSPS) is 16.5. The zero-order valence-electron chi connectivity index (χ0n) is 14.1. The van der Waals surface area contributed by atoms with Crippen LogP contribution < -0.4 is 15.4 Å². The van der Waals surface area contributed by atoms with Crippen LogP contribution in [0.5, 0.6) is 5.75 Å². The first kappa shape index (κ1) is 20.1. The maximum absolute atomic E-state index is 14.2. The van der Waals surface area contributed by atoms with Gasteiger partial charge in [-0.15, -0.1) is 12.4 Å². The summed E-state index contributed by atoms with van der Waals surface area (Å²) in [5, 5.41) is 5.91. The molecule has 1 atom stereocenters. The summed E-state index contributed by atoms with van der Waals surface area (Å²) >= 11 is 0. The molecule has 0 aromatic heterocycles. The SMILES string of the molecule is Cl.O=C(Nc1ccc(OCc2cccc(F)c2)c(F)c1)C1CCCNC1. The van der Waals surface area contributed by atoms with Crippen molar-refractivity contribution in [3.8, 4) is 5.75 Å². The molecule has 0 spiro atoms. The van der Waals surface area contributed by atoms with Crippen LogP contribution in [0.3, 0.4) is 0 Å². The second kappa shape index (κ2) is 9.50. The molecule has 0 bridgehead atoms. The third kappa shape index (κ3) is 5.41. The summed E-state index contributed by atoms with van der Waals surface area (Å²) in [5.74, 6) is -1.09. The lowest BCUT2D eigenvalue weighted by Gasteiger charge is -2.22. The Morgan fingerprint density at radius 2 is 2.08 bits per heavy atom. The minimum atomic E-state index is -0.573. The molecule has 2 aromatic rings. The topological polar surface area (TPSA) is 50.4 Å². The molecule has 1 fully saturated rings. The van der Waals surface area contributed by atoms with Gasteiger partial charge in [-0.1, -0.05) is 12.1 Å². The van der Waals surface area contributed by atoms with E-state index in [4.69, 9.17) is 4.74 Å². The zero-order chi connectivity index (χ0) is 17.6. The fourth-order valence-corrected chi connectivity index (χ4v) is 2.80. The number of carbonyl (C=O) groups excluding carboxylic acids is 1. The molecule has 140 valence electrons. The summed E-state index contributed by atoms with van der Waals surface area (Å²) in [5.41, 5.74) is 1.01. The van der Waals surface area contributed by atoms with E-state index in [9.17, 15) is 13.6 Å². The summed E-state index contributed by atoms with van der Waals surface area (Å²) in [6.45, 7) is 1.63. The van der Waals surface area contributed by atoms with Crippen molar-refractivity contribution in [2.45, 2.75) is 19.4 Å². The summed E-state index contributed by atoms with van der Waals surface area (Å²) in [6, 6.07) is 10.2. The Morgan fingerprint density at radius 3 is 2.77 bits per heavy atom. The maximum Gasteiger partial charge on any atom is 0.228 e. The number of amides is 1. The number of halogens is 3. The monoisotopic (exact) mass is 382 g/mol. The van der Waals surface area contributed by atoms with Crippen LogP contribution in [0, 0.1) is 17.6 Å². The van der Waals surface area contributed by atoms with Crippen molar-refractivity contribution in [2.24, 2.45) is 5.92 Å². The second-order valence-corrected chi connectivity index (χ2v) is 6.10. The standard InChI is InChI=1S/C19H20F2N2O2.ClH/c20-15-5-1-3-13(9-15)12-25-18-7-6-16(10-17(18)21)23-19(24)14-4-2-8-22-11-14;/h1,3,5-7,9-10,14,22H,2,4,8,11-12H2,(H,23,24);1H. The lowest BCUT2D eigenvalue weighted by molar-refractivity contribution is -0.120. The van der Waals surface area contributed by atoms with Crippen molar-refractivity contribution in [3.05, 3.63) is 59.7 Å². The first-order chi connectivity index (χ1) is 12.1. The predicted octanol–water partition coefficient (Wildman–Crippen LogP) is 3.90. The molecule has 1 aliphatic heterocycles. The van der Waals surface area contributed by atoms with Gasteiger partial charge < -0.3 is 15.4 Å². The average Bonchev–Trinajstić information content (AvgIpc) is 2.62.